The van der Waals surface area contributed by atoms with Gasteiger partial charge in [0.05, 0.1) is 11.2 Å². The first-order valence-electron chi connectivity index (χ1n) is 7.00. The Morgan fingerprint density at radius 3 is 2.10 bits per heavy atom. The van der Waals surface area contributed by atoms with Crippen LogP contribution in [0.1, 0.15) is 22.3 Å². The van der Waals surface area contributed by atoms with Gasteiger partial charge >= 0.3 is 0 Å². The Morgan fingerprint density at radius 1 is 0.700 bits per heavy atom. The first kappa shape index (κ1) is 12.9. The smallest absolute Gasteiger partial charge is 0.0738 e. The highest BCUT2D eigenvalue weighted by atomic mass is 14.7. The summed E-state index contributed by atoms with van der Waals surface area (Å²) in [7, 11) is 0. The fourth-order valence-corrected chi connectivity index (χ4v) is 2.73. The number of aryl methyl sites for hydroxylation is 4. The van der Waals surface area contributed by atoms with Crippen LogP contribution >= 0.6 is 0 Å². The summed E-state index contributed by atoms with van der Waals surface area (Å²) in [5.74, 6) is 0. The monoisotopic (exact) mass is 261 g/mol. The van der Waals surface area contributed by atoms with Crippen molar-refractivity contribution in [3.8, 4) is 11.3 Å². The molecule has 0 saturated carbocycles. The molecule has 1 heterocycles. The van der Waals surface area contributed by atoms with Crippen LogP contribution in [0.3, 0.4) is 0 Å². The van der Waals surface area contributed by atoms with Crippen LogP contribution in [0.25, 0.3) is 22.2 Å². The van der Waals surface area contributed by atoms with E-state index in [0.717, 1.165) is 11.2 Å². The van der Waals surface area contributed by atoms with Crippen molar-refractivity contribution in [1.82, 2.24) is 4.98 Å². The van der Waals surface area contributed by atoms with Gasteiger partial charge in [-0.05, 0) is 56.5 Å². The van der Waals surface area contributed by atoms with E-state index in [2.05, 4.69) is 70.2 Å². The molecular formula is C19H19N. The topological polar surface area (TPSA) is 12.9 Å². The molecule has 20 heavy (non-hydrogen) atoms. The quantitative estimate of drug-likeness (QED) is 0.591. The Balaban J connectivity index is 2.26. The number of rotatable bonds is 1. The van der Waals surface area contributed by atoms with Crippen molar-refractivity contribution in [2.24, 2.45) is 0 Å². The normalized spacial score (nSPS) is 11.0. The van der Waals surface area contributed by atoms with Crippen LogP contribution in [0.15, 0.2) is 42.5 Å². The van der Waals surface area contributed by atoms with E-state index in [9.17, 15) is 0 Å². The molecule has 1 aromatic heterocycles. The summed E-state index contributed by atoms with van der Waals surface area (Å²) < 4.78 is 0. The molecule has 1 heteroatoms. The van der Waals surface area contributed by atoms with Crippen molar-refractivity contribution in [2.45, 2.75) is 27.7 Å². The molecule has 0 aliphatic heterocycles. The minimum atomic E-state index is 1.09. The van der Waals surface area contributed by atoms with Crippen LogP contribution in [0.2, 0.25) is 0 Å². The molecule has 0 atom stereocenters. The van der Waals surface area contributed by atoms with E-state index >= 15 is 0 Å². The summed E-state index contributed by atoms with van der Waals surface area (Å²) in [5, 5.41) is 1.25. The molecule has 0 amide bonds. The predicted molar refractivity (Wildman–Crippen MR) is 86.1 cm³/mol. The predicted octanol–water partition coefficient (Wildman–Crippen LogP) is 5.14. The maximum Gasteiger partial charge on any atom is 0.0738 e. The van der Waals surface area contributed by atoms with Crippen LogP contribution in [-0.2, 0) is 0 Å². The van der Waals surface area contributed by atoms with Crippen molar-refractivity contribution < 1.29 is 0 Å². The lowest BCUT2D eigenvalue weighted by atomic mass is 10.00. The lowest BCUT2D eigenvalue weighted by Crippen LogP contribution is -1.92. The molecule has 0 radical (unpaired) electrons. The number of pyridine rings is 1. The standard InChI is InChI=1S/C19H19N/c1-12-5-7-16(8-6-12)19-15(4)11-17-14(3)9-13(2)10-18(17)20-19/h5-11H,1-4H3. The zero-order chi connectivity index (χ0) is 14.3. The first-order valence-corrected chi connectivity index (χ1v) is 7.00. The van der Waals surface area contributed by atoms with Crippen LogP contribution in [0.4, 0.5) is 0 Å². The average Bonchev–Trinajstić information content (AvgIpc) is 2.40. The van der Waals surface area contributed by atoms with Crippen molar-refractivity contribution in [3.05, 3.63) is 64.7 Å². The summed E-state index contributed by atoms with van der Waals surface area (Å²) in [6.45, 7) is 8.53. The van der Waals surface area contributed by atoms with Gasteiger partial charge in [-0.1, -0.05) is 35.9 Å². The Labute approximate surface area is 120 Å². The van der Waals surface area contributed by atoms with Gasteiger partial charge in [0.1, 0.15) is 0 Å². The fourth-order valence-electron chi connectivity index (χ4n) is 2.73. The highest BCUT2D eigenvalue weighted by molar-refractivity contribution is 5.86. The molecule has 2 aromatic carbocycles. The number of aromatic nitrogens is 1. The molecule has 0 bridgehead atoms. The Hall–Kier alpha value is -2.15. The summed E-state index contributed by atoms with van der Waals surface area (Å²) in [4.78, 5) is 4.90. The molecule has 0 aliphatic rings. The van der Waals surface area contributed by atoms with Gasteiger partial charge in [-0.15, -0.1) is 0 Å². The van der Waals surface area contributed by atoms with Crippen LogP contribution in [0, 0.1) is 27.7 Å². The van der Waals surface area contributed by atoms with E-state index in [1.807, 2.05) is 0 Å². The first-order chi connectivity index (χ1) is 9.54. The van der Waals surface area contributed by atoms with Crippen molar-refractivity contribution in [2.75, 3.05) is 0 Å². The lowest BCUT2D eigenvalue weighted by Gasteiger charge is -2.10. The van der Waals surface area contributed by atoms with Crippen molar-refractivity contribution >= 4 is 10.9 Å². The van der Waals surface area contributed by atoms with Gasteiger partial charge in [-0.3, -0.25) is 0 Å². The number of benzene rings is 2. The van der Waals surface area contributed by atoms with E-state index in [-0.39, 0.29) is 0 Å². The zero-order valence-corrected chi connectivity index (χ0v) is 12.5. The molecule has 3 rings (SSSR count). The highest BCUT2D eigenvalue weighted by Crippen LogP contribution is 2.27. The molecule has 0 saturated heterocycles. The third-order valence-electron chi connectivity index (χ3n) is 3.80. The average molecular weight is 261 g/mol. The van der Waals surface area contributed by atoms with E-state index < -0.39 is 0 Å². The highest BCUT2D eigenvalue weighted by Gasteiger charge is 2.08. The number of hydrogen-bond donors (Lipinski definition) is 0. The van der Waals surface area contributed by atoms with Gasteiger partial charge in [0, 0.05) is 10.9 Å². The summed E-state index contributed by atoms with van der Waals surface area (Å²) >= 11 is 0. The van der Waals surface area contributed by atoms with Gasteiger partial charge in [0.2, 0.25) is 0 Å². The van der Waals surface area contributed by atoms with Crippen molar-refractivity contribution in [3.63, 3.8) is 0 Å². The maximum atomic E-state index is 4.90. The fraction of sp³-hybridized carbons (Fsp3) is 0.211. The maximum absolute atomic E-state index is 4.90. The van der Waals surface area contributed by atoms with Crippen LogP contribution in [0.5, 0.6) is 0 Å². The van der Waals surface area contributed by atoms with Gasteiger partial charge in [0.15, 0.2) is 0 Å². The molecular weight excluding hydrogens is 242 g/mol. The third kappa shape index (κ3) is 2.20. The Kier molecular flexibility index (Phi) is 3.06. The summed E-state index contributed by atoms with van der Waals surface area (Å²) in [6, 6.07) is 15.2. The second kappa shape index (κ2) is 4.75. The van der Waals surface area contributed by atoms with E-state index in [4.69, 9.17) is 4.98 Å². The molecule has 100 valence electrons. The van der Waals surface area contributed by atoms with Crippen molar-refractivity contribution in [1.29, 1.82) is 0 Å². The van der Waals surface area contributed by atoms with Crippen LogP contribution in [-0.4, -0.2) is 4.98 Å². The second-order valence-electron chi connectivity index (χ2n) is 5.67. The van der Waals surface area contributed by atoms with E-state index in [1.54, 1.807) is 0 Å². The third-order valence-corrected chi connectivity index (χ3v) is 3.80. The second-order valence-corrected chi connectivity index (χ2v) is 5.67. The Morgan fingerprint density at radius 2 is 1.40 bits per heavy atom. The Bertz CT molecular complexity index is 783. The largest absolute Gasteiger partial charge is 0.247 e. The van der Waals surface area contributed by atoms with Gasteiger partial charge in [-0.2, -0.15) is 0 Å². The number of nitrogens with zero attached hydrogens (tertiary/aromatic N) is 1. The lowest BCUT2D eigenvalue weighted by molar-refractivity contribution is 1.30. The number of hydrogen-bond acceptors (Lipinski definition) is 1. The molecule has 0 unspecified atom stereocenters. The molecule has 1 nitrogen and oxygen atoms in total. The molecule has 0 N–H and O–H groups in total. The SMILES string of the molecule is Cc1ccc(-c2nc3cc(C)cc(C)c3cc2C)cc1. The molecule has 0 fully saturated rings. The van der Waals surface area contributed by atoms with Gasteiger partial charge in [0.25, 0.3) is 0 Å². The van der Waals surface area contributed by atoms with Gasteiger partial charge in [-0.25, -0.2) is 4.98 Å². The minimum absolute atomic E-state index is 1.09. The molecule has 3 aromatic rings. The summed E-state index contributed by atoms with van der Waals surface area (Å²) in [6.07, 6.45) is 0. The zero-order valence-electron chi connectivity index (χ0n) is 12.5. The van der Waals surface area contributed by atoms with Gasteiger partial charge < -0.3 is 0 Å². The van der Waals surface area contributed by atoms with Crippen LogP contribution < -0.4 is 0 Å². The number of fused-ring (bicyclic) bond motifs is 1. The molecule has 0 spiro atoms. The molecule has 0 aliphatic carbocycles. The van der Waals surface area contributed by atoms with E-state index in [0.29, 0.717) is 0 Å². The van der Waals surface area contributed by atoms with E-state index in [1.165, 1.54) is 33.2 Å². The minimum Gasteiger partial charge on any atom is -0.247 e. The summed E-state index contributed by atoms with van der Waals surface area (Å²) in [5.41, 5.74) is 8.43.